The Balaban J connectivity index is 2.14. The third-order valence-corrected chi connectivity index (χ3v) is 10.00. The molecule has 1 aromatic rings. The molecule has 0 amide bonds. The molecule has 0 spiro atoms. The summed E-state index contributed by atoms with van der Waals surface area (Å²) in [7, 11) is -1.97. The van der Waals surface area contributed by atoms with Crippen LogP contribution >= 0.6 is 0 Å². The topological polar surface area (TPSA) is 53.1 Å². The first-order valence-electron chi connectivity index (χ1n) is 8.90. The molecule has 0 aromatic carbocycles. The first kappa shape index (κ1) is 19.4. The van der Waals surface area contributed by atoms with Crippen molar-refractivity contribution in [2.45, 2.75) is 96.2 Å². The average molecular weight is 356 g/mol. The molecule has 24 heavy (non-hydrogen) atoms. The number of alkyl halides is 1. The number of halogens is 1. The van der Waals surface area contributed by atoms with Crippen molar-refractivity contribution in [1.82, 2.24) is 9.78 Å². The van der Waals surface area contributed by atoms with Gasteiger partial charge in [-0.05, 0) is 51.7 Å². The van der Waals surface area contributed by atoms with Crippen molar-refractivity contribution < 1.29 is 8.82 Å². The van der Waals surface area contributed by atoms with Crippen LogP contribution in [0.3, 0.4) is 0 Å². The van der Waals surface area contributed by atoms with Gasteiger partial charge in [-0.1, -0.05) is 20.8 Å². The molecule has 4 nitrogen and oxygen atoms in total. The van der Waals surface area contributed by atoms with Crippen molar-refractivity contribution in [2.24, 2.45) is 0 Å². The lowest BCUT2D eigenvalue weighted by Gasteiger charge is -2.38. The monoisotopic (exact) mass is 355 g/mol. The second kappa shape index (κ2) is 6.13. The van der Waals surface area contributed by atoms with Crippen molar-refractivity contribution in [2.75, 3.05) is 5.73 Å². The zero-order valence-corrected chi connectivity index (χ0v) is 17.5. The minimum absolute atomic E-state index is 0.0840. The molecule has 1 aliphatic carbocycles. The predicted molar refractivity (Wildman–Crippen MR) is 101 cm³/mol. The summed E-state index contributed by atoms with van der Waals surface area (Å²) in [5.41, 5.74) is 6.83. The van der Waals surface area contributed by atoms with Crippen molar-refractivity contribution in [3.8, 4) is 0 Å². The fourth-order valence-electron chi connectivity index (χ4n) is 3.02. The molecule has 3 atom stereocenters. The molecule has 0 saturated heterocycles. The second-order valence-corrected chi connectivity index (χ2v) is 14.4. The van der Waals surface area contributed by atoms with Crippen molar-refractivity contribution in [3.63, 3.8) is 0 Å². The number of nitrogen functional groups attached to an aromatic ring is 1. The third-order valence-electron chi connectivity index (χ3n) is 5.49. The fraction of sp³-hybridized carbons (Fsp3) is 0.833. The number of aromatic nitrogens is 2. The maximum atomic E-state index is 14.6. The SMILES string of the molecule is CC(C)(C)n1nc([C@H]2CC(O[Si](C)(C)C(C)(C)C)[C@@H](F)C2)cc1N. The molecule has 1 fully saturated rings. The quantitative estimate of drug-likeness (QED) is 0.790. The van der Waals surface area contributed by atoms with E-state index in [1.54, 1.807) is 0 Å². The van der Waals surface area contributed by atoms with Crippen molar-refractivity contribution in [3.05, 3.63) is 11.8 Å². The molecule has 2 N–H and O–H groups in total. The average Bonchev–Trinajstić information content (AvgIpc) is 2.91. The van der Waals surface area contributed by atoms with Gasteiger partial charge in [0.1, 0.15) is 12.0 Å². The Kier molecular flexibility index (Phi) is 4.96. The van der Waals surface area contributed by atoms with Gasteiger partial charge in [-0.3, -0.25) is 0 Å². The zero-order valence-electron chi connectivity index (χ0n) is 16.5. The van der Waals surface area contributed by atoms with E-state index in [0.717, 1.165) is 5.69 Å². The number of nitrogens with zero attached hydrogens (tertiary/aromatic N) is 2. The number of hydrogen-bond acceptors (Lipinski definition) is 3. The summed E-state index contributed by atoms with van der Waals surface area (Å²) >= 11 is 0. The highest BCUT2D eigenvalue weighted by molar-refractivity contribution is 6.74. The molecule has 1 saturated carbocycles. The van der Waals surface area contributed by atoms with Crippen LogP contribution in [-0.4, -0.2) is 30.4 Å². The summed E-state index contributed by atoms with van der Waals surface area (Å²) in [5.74, 6) is 0.724. The highest BCUT2D eigenvalue weighted by Crippen LogP contribution is 2.43. The van der Waals surface area contributed by atoms with Crippen LogP contribution in [0.15, 0.2) is 6.07 Å². The van der Waals surface area contributed by atoms with E-state index in [-0.39, 0.29) is 22.6 Å². The van der Waals surface area contributed by atoms with Crippen LogP contribution in [0, 0.1) is 0 Å². The summed E-state index contributed by atoms with van der Waals surface area (Å²) in [6.45, 7) is 17.1. The van der Waals surface area contributed by atoms with Crippen LogP contribution in [0.2, 0.25) is 18.1 Å². The Morgan fingerprint density at radius 3 is 2.25 bits per heavy atom. The molecular formula is C18H34FN3OSi. The van der Waals surface area contributed by atoms with E-state index < -0.39 is 14.5 Å². The number of anilines is 1. The second-order valence-electron chi connectivity index (χ2n) is 9.68. The highest BCUT2D eigenvalue weighted by Gasteiger charge is 2.45. The van der Waals surface area contributed by atoms with Gasteiger partial charge in [0.25, 0.3) is 0 Å². The summed E-state index contributed by atoms with van der Waals surface area (Å²) in [6.07, 6.45) is -0.0872. The molecule has 1 aromatic heterocycles. The largest absolute Gasteiger partial charge is 0.411 e. The standard InChI is InChI=1S/C18H34FN3OSi/c1-17(2,3)22-16(20)11-14(21-22)12-9-13(19)15(10-12)23-24(7,8)18(4,5)6/h11-13,15H,9-10,20H2,1-8H3/t12-,13+,15?/m1/s1. The van der Waals surface area contributed by atoms with Crippen LogP contribution in [0.25, 0.3) is 0 Å². The Labute approximate surface area is 147 Å². The van der Waals surface area contributed by atoms with E-state index in [4.69, 9.17) is 10.2 Å². The van der Waals surface area contributed by atoms with Gasteiger partial charge in [0.15, 0.2) is 8.32 Å². The van der Waals surface area contributed by atoms with E-state index in [0.29, 0.717) is 18.7 Å². The molecule has 2 rings (SSSR count). The van der Waals surface area contributed by atoms with E-state index in [9.17, 15) is 4.39 Å². The molecule has 0 bridgehead atoms. The maximum Gasteiger partial charge on any atom is 0.192 e. The first-order valence-corrected chi connectivity index (χ1v) is 11.8. The molecule has 0 radical (unpaired) electrons. The number of hydrogen-bond donors (Lipinski definition) is 1. The van der Waals surface area contributed by atoms with Crippen molar-refractivity contribution >= 4 is 14.1 Å². The summed E-state index contributed by atoms with van der Waals surface area (Å²) < 4.78 is 22.8. The third kappa shape index (κ3) is 3.85. The minimum atomic E-state index is -1.97. The Bertz CT molecular complexity index is 586. The van der Waals surface area contributed by atoms with Gasteiger partial charge in [-0.25, -0.2) is 9.07 Å². The smallest absolute Gasteiger partial charge is 0.192 e. The van der Waals surface area contributed by atoms with Gasteiger partial charge >= 0.3 is 0 Å². The molecule has 6 heteroatoms. The van der Waals surface area contributed by atoms with Gasteiger partial charge in [-0.2, -0.15) is 5.10 Å². The maximum absolute atomic E-state index is 14.6. The lowest BCUT2D eigenvalue weighted by molar-refractivity contribution is 0.111. The van der Waals surface area contributed by atoms with Gasteiger partial charge in [0, 0.05) is 12.0 Å². The van der Waals surface area contributed by atoms with Gasteiger partial charge in [-0.15, -0.1) is 0 Å². The minimum Gasteiger partial charge on any atom is -0.411 e. The van der Waals surface area contributed by atoms with Gasteiger partial charge < -0.3 is 10.2 Å². The highest BCUT2D eigenvalue weighted by atomic mass is 28.4. The lowest BCUT2D eigenvalue weighted by Crippen LogP contribution is -2.45. The summed E-state index contributed by atoms with van der Waals surface area (Å²) in [5, 5.41) is 4.74. The van der Waals surface area contributed by atoms with E-state index >= 15 is 0 Å². The molecule has 1 heterocycles. The summed E-state index contributed by atoms with van der Waals surface area (Å²) in [4.78, 5) is 0. The normalized spacial score (nSPS) is 26.1. The number of nitrogens with two attached hydrogens (primary N) is 1. The number of rotatable bonds is 3. The van der Waals surface area contributed by atoms with E-state index in [2.05, 4.69) is 59.7 Å². The lowest BCUT2D eigenvalue weighted by atomic mass is 10.0. The summed E-state index contributed by atoms with van der Waals surface area (Å²) in [6, 6.07) is 1.90. The zero-order chi connectivity index (χ0) is 18.5. The van der Waals surface area contributed by atoms with Crippen LogP contribution in [0.5, 0.6) is 0 Å². The van der Waals surface area contributed by atoms with E-state index in [1.165, 1.54) is 0 Å². The predicted octanol–water partition coefficient (Wildman–Crippen LogP) is 4.83. The van der Waals surface area contributed by atoms with Crippen LogP contribution in [0.1, 0.15) is 66.0 Å². The Morgan fingerprint density at radius 2 is 1.79 bits per heavy atom. The fourth-order valence-corrected chi connectivity index (χ4v) is 4.37. The van der Waals surface area contributed by atoms with Crippen LogP contribution in [0.4, 0.5) is 10.2 Å². The molecule has 0 aliphatic heterocycles. The Hall–Kier alpha value is -0.883. The van der Waals surface area contributed by atoms with E-state index in [1.807, 2.05) is 10.7 Å². The molecule has 1 unspecified atom stereocenters. The van der Waals surface area contributed by atoms with Crippen LogP contribution in [-0.2, 0) is 9.96 Å². The Morgan fingerprint density at radius 1 is 1.21 bits per heavy atom. The van der Waals surface area contributed by atoms with Crippen LogP contribution < -0.4 is 5.73 Å². The van der Waals surface area contributed by atoms with Gasteiger partial charge in [0.05, 0.1) is 17.3 Å². The van der Waals surface area contributed by atoms with Crippen molar-refractivity contribution in [1.29, 1.82) is 0 Å². The van der Waals surface area contributed by atoms with Gasteiger partial charge in [0.2, 0.25) is 0 Å². The first-order chi connectivity index (χ1) is 10.7. The molecule has 138 valence electrons. The molecule has 1 aliphatic rings. The molecular weight excluding hydrogens is 321 g/mol.